The van der Waals surface area contributed by atoms with Crippen LogP contribution in [0.4, 0.5) is 15.8 Å². The van der Waals surface area contributed by atoms with Crippen LogP contribution in [0.1, 0.15) is 5.56 Å². The van der Waals surface area contributed by atoms with Crippen molar-refractivity contribution in [2.75, 3.05) is 5.73 Å². The van der Waals surface area contributed by atoms with Crippen molar-refractivity contribution >= 4 is 11.4 Å². The van der Waals surface area contributed by atoms with Crippen molar-refractivity contribution in [3.8, 4) is 11.6 Å². The first-order valence-corrected chi connectivity index (χ1v) is 5.32. The average molecular weight is 263 g/mol. The Morgan fingerprint density at radius 1 is 1.42 bits per heavy atom. The van der Waals surface area contributed by atoms with Crippen LogP contribution in [0.2, 0.25) is 0 Å². The highest BCUT2D eigenvalue weighted by molar-refractivity contribution is 5.55. The fourth-order valence-corrected chi connectivity index (χ4v) is 1.42. The Morgan fingerprint density at radius 3 is 2.79 bits per heavy atom. The number of aryl methyl sites for hydroxylation is 1. The Labute approximate surface area is 107 Å². The molecular weight excluding hydrogens is 253 g/mol. The molecule has 6 nitrogen and oxygen atoms in total. The number of non-ortho nitro benzene ring substituents is 1. The Morgan fingerprint density at radius 2 is 2.16 bits per heavy atom. The van der Waals surface area contributed by atoms with Gasteiger partial charge in [0.25, 0.3) is 5.69 Å². The van der Waals surface area contributed by atoms with Gasteiger partial charge in [-0.05, 0) is 24.6 Å². The molecule has 0 aliphatic heterocycles. The molecule has 0 radical (unpaired) electrons. The summed E-state index contributed by atoms with van der Waals surface area (Å²) in [5.74, 6) is -0.958. The fourth-order valence-electron chi connectivity index (χ4n) is 1.42. The molecule has 2 N–H and O–H groups in total. The van der Waals surface area contributed by atoms with Gasteiger partial charge in [0, 0.05) is 12.3 Å². The minimum atomic E-state index is -0.850. The molecule has 1 aromatic carbocycles. The topological polar surface area (TPSA) is 91.3 Å². The van der Waals surface area contributed by atoms with Crippen molar-refractivity contribution in [1.29, 1.82) is 0 Å². The summed E-state index contributed by atoms with van der Waals surface area (Å²) in [5, 5.41) is 10.5. The number of benzene rings is 1. The molecule has 0 fully saturated rings. The maximum absolute atomic E-state index is 13.6. The van der Waals surface area contributed by atoms with E-state index in [4.69, 9.17) is 10.5 Å². The number of halogens is 1. The van der Waals surface area contributed by atoms with E-state index in [1.165, 1.54) is 6.20 Å². The molecule has 0 saturated carbocycles. The Kier molecular flexibility index (Phi) is 3.28. The van der Waals surface area contributed by atoms with Crippen LogP contribution in [0.5, 0.6) is 11.6 Å². The molecule has 0 saturated heterocycles. The normalized spacial score (nSPS) is 10.2. The third-order valence-electron chi connectivity index (χ3n) is 2.50. The molecule has 7 heteroatoms. The number of nitrogens with zero attached hydrogens (tertiary/aromatic N) is 2. The van der Waals surface area contributed by atoms with Crippen molar-refractivity contribution in [2.45, 2.75) is 6.92 Å². The summed E-state index contributed by atoms with van der Waals surface area (Å²) in [6.45, 7) is 1.76. The third kappa shape index (κ3) is 2.59. The van der Waals surface area contributed by atoms with Crippen LogP contribution >= 0.6 is 0 Å². The molecule has 19 heavy (non-hydrogen) atoms. The van der Waals surface area contributed by atoms with Crippen molar-refractivity contribution in [3.63, 3.8) is 0 Å². The number of ether oxygens (including phenoxy) is 1. The van der Waals surface area contributed by atoms with E-state index in [0.29, 0.717) is 5.69 Å². The Bertz CT molecular complexity index is 646. The van der Waals surface area contributed by atoms with E-state index in [0.717, 1.165) is 23.8 Å². The second-order valence-corrected chi connectivity index (χ2v) is 3.82. The number of rotatable bonds is 3. The molecule has 1 heterocycles. The summed E-state index contributed by atoms with van der Waals surface area (Å²) in [5.41, 5.74) is 6.42. The molecule has 0 spiro atoms. The quantitative estimate of drug-likeness (QED) is 0.679. The molecule has 2 aromatic rings. The highest BCUT2D eigenvalue weighted by Gasteiger charge is 2.14. The Balaban J connectivity index is 2.34. The van der Waals surface area contributed by atoms with Gasteiger partial charge in [-0.25, -0.2) is 9.37 Å². The van der Waals surface area contributed by atoms with Crippen LogP contribution in [0, 0.1) is 22.9 Å². The maximum Gasteiger partial charge on any atom is 0.272 e. The number of aromatic nitrogens is 1. The van der Waals surface area contributed by atoms with Gasteiger partial charge in [0.1, 0.15) is 0 Å². The molecule has 0 bridgehead atoms. The van der Waals surface area contributed by atoms with Gasteiger partial charge in [-0.3, -0.25) is 10.1 Å². The van der Waals surface area contributed by atoms with Gasteiger partial charge in [0.05, 0.1) is 16.7 Å². The molecular formula is C12H10FN3O3. The van der Waals surface area contributed by atoms with E-state index in [2.05, 4.69) is 4.98 Å². The molecule has 98 valence electrons. The summed E-state index contributed by atoms with van der Waals surface area (Å²) < 4.78 is 18.9. The second kappa shape index (κ2) is 4.89. The monoisotopic (exact) mass is 263 g/mol. The van der Waals surface area contributed by atoms with Crippen molar-refractivity contribution < 1.29 is 14.1 Å². The zero-order valence-electron chi connectivity index (χ0n) is 9.96. The van der Waals surface area contributed by atoms with Crippen LogP contribution in [0.15, 0.2) is 30.5 Å². The first kappa shape index (κ1) is 12.7. The van der Waals surface area contributed by atoms with Gasteiger partial charge >= 0.3 is 0 Å². The van der Waals surface area contributed by atoms with Crippen molar-refractivity contribution in [2.24, 2.45) is 0 Å². The largest absolute Gasteiger partial charge is 0.434 e. The number of nitrogen functional groups attached to an aromatic ring is 1. The zero-order valence-corrected chi connectivity index (χ0v) is 9.96. The smallest absolute Gasteiger partial charge is 0.272 e. The highest BCUT2D eigenvalue weighted by Crippen LogP contribution is 2.30. The Hall–Kier alpha value is -2.70. The predicted octanol–water partition coefficient (Wildman–Crippen LogP) is 2.81. The summed E-state index contributed by atoms with van der Waals surface area (Å²) >= 11 is 0. The molecule has 2 rings (SSSR count). The predicted molar refractivity (Wildman–Crippen MR) is 66.5 cm³/mol. The number of hydrogen-bond acceptors (Lipinski definition) is 5. The van der Waals surface area contributed by atoms with Crippen LogP contribution < -0.4 is 10.5 Å². The van der Waals surface area contributed by atoms with E-state index in [1.807, 2.05) is 0 Å². The minimum absolute atomic E-state index is 0.0627. The van der Waals surface area contributed by atoms with E-state index >= 15 is 0 Å². The summed E-state index contributed by atoms with van der Waals surface area (Å²) in [6.07, 6.45) is 1.48. The first-order valence-electron chi connectivity index (χ1n) is 5.32. The van der Waals surface area contributed by atoms with Gasteiger partial charge < -0.3 is 10.5 Å². The van der Waals surface area contributed by atoms with Crippen LogP contribution in [0.3, 0.4) is 0 Å². The number of nitro groups is 1. The van der Waals surface area contributed by atoms with Crippen LogP contribution in [0.25, 0.3) is 0 Å². The number of nitro benzene ring substituents is 1. The van der Waals surface area contributed by atoms with Gasteiger partial charge in [-0.15, -0.1) is 0 Å². The lowest BCUT2D eigenvalue weighted by Gasteiger charge is -2.09. The lowest BCUT2D eigenvalue weighted by molar-refractivity contribution is -0.385. The molecule has 0 atom stereocenters. The van der Waals surface area contributed by atoms with Crippen molar-refractivity contribution in [3.05, 3.63) is 52.0 Å². The summed E-state index contributed by atoms with van der Waals surface area (Å²) in [6, 6.07) is 4.77. The summed E-state index contributed by atoms with van der Waals surface area (Å²) in [4.78, 5) is 13.7. The minimum Gasteiger partial charge on any atom is -0.434 e. The third-order valence-corrected chi connectivity index (χ3v) is 2.50. The highest BCUT2D eigenvalue weighted by atomic mass is 19.1. The lowest BCUT2D eigenvalue weighted by Crippen LogP contribution is -1.99. The van der Waals surface area contributed by atoms with E-state index in [9.17, 15) is 14.5 Å². The zero-order chi connectivity index (χ0) is 14.0. The number of anilines is 1. The molecule has 1 aromatic heterocycles. The number of hydrogen-bond donors (Lipinski definition) is 1. The molecule has 0 amide bonds. The maximum atomic E-state index is 13.6. The van der Waals surface area contributed by atoms with Crippen LogP contribution in [-0.4, -0.2) is 9.91 Å². The number of pyridine rings is 1. The van der Waals surface area contributed by atoms with E-state index in [1.54, 1.807) is 13.0 Å². The first-order chi connectivity index (χ1) is 8.99. The van der Waals surface area contributed by atoms with Gasteiger partial charge in [-0.1, -0.05) is 0 Å². The van der Waals surface area contributed by atoms with Gasteiger partial charge in [0.15, 0.2) is 11.6 Å². The fraction of sp³-hybridized carbons (Fsp3) is 0.0833. The van der Waals surface area contributed by atoms with Crippen molar-refractivity contribution in [1.82, 2.24) is 4.98 Å². The molecule has 0 aliphatic carbocycles. The summed E-state index contributed by atoms with van der Waals surface area (Å²) in [7, 11) is 0. The van der Waals surface area contributed by atoms with E-state index in [-0.39, 0.29) is 17.3 Å². The standard InChI is InChI=1S/C12H10FN3O3/c1-7-4-5-15-12(11(7)14)19-10-3-2-8(16(17)18)6-9(10)13/h2-6H,14H2,1H3. The second-order valence-electron chi connectivity index (χ2n) is 3.82. The van der Waals surface area contributed by atoms with Gasteiger partial charge in [0.2, 0.25) is 5.88 Å². The van der Waals surface area contributed by atoms with Crippen LogP contribution in [-0.2, 0) is 0 Å². The average Bonchev–Trinajstić information content (AvgIpc) is 2.37. The number of nitrogens with two attached hydrogens (primary N) is 1. The molecule has 0 aliphatic rings. The van der Waals surface area contributed by atoms with Gasteiger partial charge in [-0.2, -0.15) is 0 Å². The van der Waals surface area contributed by atoms with E-state index < -0.39 is 10.7 Å². The SMILES string of the molecule is Cc1ccnc(Oc2ccc([N+](=O)[O-])cc2F)c1N. The molecule has 0 unspecified atom stereocenters. The lowest BCUT2D eigenvalue weighted by atomic mass is 10.2.